The first kappa shape index (κ1) is 60.0. The molecule has 3 N–H and O–H groups in total. The number of aromatic nitrogens is 2. The van der Waals surface area contributed by atoms with E-state index in [1.165, 1.54) is 0 Å². The molecular weight excluding hydrogens is 960 g/mol. The minimum atomic E-state index is 0. The van der Waals surface area contributed by atoms with Crippen LogP contribution in [0.2, 0.25) is 0 Å². The summed E-state index contributed by atoms with van der Waals surface area (Å²) in [5.74, 6) is 13.5. The molecule has 0 saturated heterocycles. The van der Waals surface area contributed by atoms with E-state index >= 15 is 0 Å². The van der Waals surface area contributed by atoms with Crippen LogP contribution in [0, 0.1) is 36.0 Å². The van der Waals surface area contributed by atoms with E-state index in [9.17, 15) is 0 Å². The van der Waals surface area contributed by atoms with Crippen LogP contribution < -0.4 is 0 Å². The van der Waals surface area contributed by atoms with Gasteiger partial charge in [-0.2, -0.15) is 0 Å². The van der Waals surface area contributed by atoms with Crippen molar-refractivity contribution in [2.45, 2.75) is 88.6 Å². The Kier molecular flexibility index (Phi) is 127. The number of aliphatic hydroxyl groups excluding tert-OH is 2. The molecular formula is C29H52N2O2W3. The largest absolute Gasteiger partial charge is 0.395 e. The molecule has 2 rings (SSSR count). The SMILES string of the molecule is C.C#CCCO.CC.CC.CC.CC#CCCO.CC#CCCn1cccc1.[W].[W].[W].c1cc[nH]c1. The van der Waals surface area contributed by atoms with Crippen LogP contribution in [0.4, 0.5) is 0 Å². The number of aryl methyl sites for hydroxylation is 1. The smallest absolute Gasteiger partial charge is 0.0540 e. The molecule has 2 aromatic rings. The summed E-state index contributed by atoms with van der Waals surface area (Å²) in [4.78, 5) is 2.86. The summed E-state index contributed by atoms with van der Waals surface area (Å²) in [6.45, 7) is 16.9. The maximum atomic E-state index is 8.09. The molecule has 2 aromatic heterocycles. The maximum Gasteiger partial charge on any atom is 0.0540 e. The second kappa shape index (κ2) is 76.5. The Balaban J connectivity index is -0.0000000359. The number of hydrogen-bond donors (Lipinski definition) is 3. The van der Waals surface area contributed by atoms with Gasteiger partial charge in [-0.1, -0.05) is 49.0 Å². The quantitative estimate of drug-likeness (QED) is 0.289. The van der Waals surface area contributed by atoms with E-state index in [0.29, 0.717) is 12.8 Å². The van der Waals surface area contributed by atoms with Crippen molar-refractivity contribution >= 4 is 0 Å². The van der Waals surface area contributed by atoms with Crippen molar-refractivity contribution in [3.05, 3.63) is 49.1 Å². The van der Waals surface area contributed by atoms with E-state index in [2.05, 4.69) is 51.5 Å². The maximum absolute atomic E-state index is 8.09. The van der Waals surface area contributed by atoms with Gasteiger partial charge in [0.1, 0.15) is 0 Å². The summed E-state index contributed by atoms with van der Waals surface area (Å²) in [7, 11) is 0. The van der Waals surface area contributed by atoms with Crippen molar-refractivity contribution in [3.8, 4) is 36.0 Å². The molecule has 0 atom stereocenters. The van der Waals surface area contributed by atoms with Gasteiger partial charge < -0.3 is 19.8 Å². The van der Waals surface area contributed by atoms with Gasteiger partial charge >= 0.3 is 0 Å². The molecule has 0 spiro atoms. The van der Waals surface area contributed by atoms with Crippen molar-refractivity contribution in [1.82, 2.24) is 9.55 Å². The molecule has 0 aromatic carbocycles. The molecule has 208 valence electrons. The third-order valence-electron chi connectivity index (χ3n) is 2.50. The Morgan fingerprint density at radius 3 is 1.31 bits per heavy atom. The summed E-state index contributed by atoms with van der Waals surface area (Å²) in [5, 5.41) is 16.0. The van der Waals surface area contributed by atoms with Crippen LogP contribution in [0.1, 0.15) is 82.1 Å². The second-order valence-electron chi connectivity index (χ2n) is 4.56. The Labute approximate surface area is 268 Å². The number of aliphatic hydroxyl groups is 2. The Hall–Kier alpha value is -0.775. The van der Waals surface area contributed by atoms with Gasteiger partial charge in [-0.15, -0.1) is 36.0 Å². The normalized spacial score (nSPS) is 5.92. The molecule has 0 unspecified atom stereocenters. The first-order valence-corrected chi connectivity index (χ1v) is 11.4. The molecule has 0 aliphatic rings. The van der Waals surface area contributed by atoms with Gasteiger partial charge in [-0.25, -0.2) is 0 Å². The number of terminal acetylenes is 1. The van der Waals surface area contributed by atoms with Crippen LogP contribution >= 0.6 is 0 Å². The van der Waals surface area contributed by atoms with Crippen molar-refractivity contribution in [2.75, 3.05) is 13.2 Å². The number of nitrogens with one attached hydrogen (secondary N) is 1. The molecule has 2 heterocycles. The summed E-state index contributed by atoms with van der Waals surface area (Å²) in [6, 6.07) is 7.94. The van der Waals surface area contributed by atoms with Gasteiger partial charge in [0.15, 0.2) is 0 Å². The van der Waals surface area contributed by atoms with Crippen molar-refractivity contribution in [2.24, 2.45) is 0 Å². The summed E-state index contributed by atoms with van der Waals surface area (Å²) < 4.78 is 2.13. The molecule has 0 amide bonds. The van der Waals surface area contributed by atoms with E-state index < -0.39 is 0 Å². The first-order chi connectivity index (χ1) is 15.8. The zero-order valence-corrected chi connectivity index (χ0v) is 31.8. The average Bonchev–Trinajstić information content (AvgIpc) is 3.61. The fourth-order valence-electron chi connectivity index (χ4n) is 1.35. The fourth-order valence-corrected chi connectivity index (χ4v) is 1.35. The topological polar surface area (TPSA) is 61.2 Å². The summed E-state index contributed by atoms with van der Waals surface area (Å²) in [5.41, 5.74) is 0. The van der Waals surface area contributed by atoms with E-state index in [4.69, 9.17) is 16.6 Å². The number of rotatable bonds is 4. The first-order valence-electron chi connectivity index (χ1n) is 11.4. The fraction of sp³-hybridized carbons (Fsp3) is 0.517. The average molecular weight is 1010 g/mol. The Morgan fingerprint density at radius 2 is 1.08 bits per heavy atom. The van der Waals surface area contributed by atoms with Gasteiger partial charge in [0.2, 0.25) is 0 Å². The number of H-pyrrole nitrogens is 1. The monoisotopic (exact) mass is 1010 g/mol. The van der Waals surface area contributed by atoms with Gasteiger partial charge in [0, 0.05) is 114 Å². The summed E-state index contributed by atoms with van der Waals surface area (Å²) in [6.07, 6.45) is 14.6. The third-order valence-corrected chi connectivity index (χ3v) is 2.50. The van der Waals surface area contributed by atoms with E-state index in [1.807, 2.05) is 85.1 Å². The molecule has 0 saturated carbocycles. The Morgan fingerprint density at radius 1 is 0.694 bits per heavy atom. The van der Waals surface area contributed by atoms with Crippen LogP contribution in [0.5, 0.6) is 0 Å². The molecule has 0 fully saturated rings. The summed E-state index contributed by atoms with van der Waals surface area (Å²) >= 11 is 0. The zero-order chi connectivity index (χ0) is 25.7. The van der Waals surface area contributed by atoms with Crippen LogP contribution in [0.25, 0.3) is 0 Å². The molecule has 36 heavy (non-hydrogen) atoms. The molecule has 0 radical (unpaired) electrons. The number of aromatic amines is 1. The van der Waals surface area contributed by atoms with Crippen LogP contribution in [-0.2, 0) is 69.7 Å². The van der Waals surface area contributed by atoms with Crippen molar-refractivity contribution in [3.63, 3.8) is 0 Å². The van der Waals surface area contributed by atoms with Gasteiger partial charge in [-0.3, -0.25) is 0 Å². The van der Waals surface area contributed by atoms with E-state index in [0.717, 1.165) is 13.0 Å². The van der Waals surface area contributed by atoms with Gasteiger partial charge in [0.25, 0.3) is 0 Å². The van der Waals surface area contributed by atoms with Crippen molar-refractivity contribution < 1.29 is 73.4 Å². The molecule has 0 bridgehead atoms. The van der Waals surface area contributed by atoms with E-state index in [-0.39, 0.29) is 83.8 Å². The third kappa shape index (κ3) is 76.6. The van der Waals surface area contributed by atoms with Gasteiger partial charge in [0.05, 0.1) is 13.2 Å². The van der Waals surface area contributed by atoms with Crippen molar-refractivity contribution in [1.29, 1.82) is 0 Å². The number of nitrogens with zero attached hydrogens (tertiary/aromatic N) is 1. The van der Waals surface area contributed by atoms with Crippen LogP contribution in [0.3, 0.4) is 0 Å². The molecule has 4 nitrogen and oxygen atoms in total. The minimum Gasteiger partial charge on any atom is -0.395 e. The van der Waals surface area contributed by atoms with E-state index in [1.54, 1.807) is 6.92 Å². The predicted octanol–water partition coefficient (Wildman–Crippen LogP) is 7.02. The molecule has 0 aliphatic carbocycles. The number of hydrogen-bond acceptors (Lipinski definition) is 2. The molecule has 7 heteroatoms. The van der Waals surface area contributed by atoms with Crippen LogP contribution in [-0.4, -0.2) is 33.0 Å². The zero-order valence-electron chi connectivity index (χ0n) is 23.0. The standard InChI is InChI=1S/C9H11N.C5H8O.C4H5N.C4H6O.3C2H6.CH4.3W/c1-2-3-4-7-10-8-5-6-9-10;1-2-3-4-5-6;1-2-4-5-3-1;1-2-3-4-5;3*1-2;;;;/h5-6,8-9H,4,7H2,1H3;6H,4-5H2,1H3;1-5H;1,5H,3-4H2;3*1-2H3;1H4;;;. The van der Waals surface area contributed by atoms with Crippen LogP contribution in [0.15, 0.2) is 49.1 Å². The predicted molar refractivity (Wildman–Crippen MR) is 150 cm³/mol. The second-order valence-corrected chi connectivity index (χ2v) is 4.56. The Bertz CT molecular complexity index is 630. The van der Waals surface area contributed by atoms with Gasteiger partial charge in [-0.05, 0) is 38.1 Å². The molecule has 0 aliphatic heterocycles. The minimum absolute atomic E-state index is 0.